The number of aryl methyl sites for hydroxylation is 2. The Bertz CT molecular complexity index is 836. The van der Waals surface area contributed by atoms with Crippen LogP contribution < -0.4 is 4.72 Å². The first-order valence-corrected chi connectivity index (χ1v) is 8.21. The van der Waals surface area contributed by atoms with Crippen LogP contribution in [0.1, 0.15) is 23.1 Å². The van der Waals surface area contributed by atoms with Gasteiger partial charge in [-0.3, -0.25) is 4.72 Å². The van der Waals surface area contributed by atoms with Crippen LogP contribution in [0.3, 0.4) is 0 Å². The number of nitrogens with one attached hydrogen (secondary N) is 1. The van der Waals surface area contributed by atoms with Crippen LogP contribution in [0, 0.1) is 11.3 Å². The molecule has 2 aromatic rings. The lowest BCUT2D eigenvalue weighted by Gasteiger charge is -2.09. The van der Waals surface area contributed by atoms with Gasteiger partial charge in [-0.25, -0.2) is 8.42 Å². The van der Waals surface area contributed by atoms with Gasteiger partial charge >= 0.3 is 0 Å². The molecule has 1 aliphatic rings. The highest BCUT2D eigenvalue weighted by molar-refractivity contribution is 7.92. The monoisotopic (exact) mass is 298 g/mol. The minimum Gasteiger partial charge on any atom is -0.280 e. The minimum absolute atomic E-state index is 0.269. The Hall–Kier alpha value is -2.32. The first-order chi connectivity index (χ1) is 10.1. The van der Waals surface area contributed by atoms with Crippen LogP contribution >= 0.6 is 0 Å². The highest BCUT2D eigenvalue weighted by Crippen LogP contribution is 2.25. The van der Waals surface area contributed by atoms with E-state index in [0.29, 0.717) is 11.3 Å². The summed E-state index contributed by atoms with van der Waals surface area (Å²) in [6.45, 7) is 0. The molecule has 0 aliphatic heterocycles. The van der Waals surface area contributed by atoms with Gasteiger partial charge in [0, 0.05) is 0 Å². The van der Waals surface area contributed by atoms with Crippen LogP contribution in [0.2, 0.25) is 0 Å². The van der Waals surface area contributed by atoms with Crippen LogP contribution in [0.25, 0.3) is 0 Å². The predicted molar refractivity (Wildman–Crippen MR) is 80.4 cm³/mol. The number of hydrogen-bond donors (Lipinski definition) is 1. The molecule has 0 bridgehead atoms. The van der Waals surface area contributed by atoms with Gasteiger partial charge < -0.3 is 0 Å². The molecule has 0 aromatic heterocycles. The molecular formula is C16H14N2O2S. The summed E-state index contributed by atoms with van der Waals surface area (Å²) in [5, 5.41) is 8.86. The van der Waals surface area contributed by atoms with Crippen molar-refractivity contribution in [3.8, 4) is 6.07 Å². The maximum absolute atomic E-state index is 12.4. The highest BCUT2D eigenvalue weighted by atomic mass is 32.2. The van der Waals surface area contributed by atoms with E-state index in [2.05, 4.69) is 4.72 Å². The van der Waals surface area contributed by atoms with E-state index < -0.39 is 10.0 Å². The van der Waals surface area contributed by atoms with E-state index in [-0.39, 0.29) is 4.90 Å². The largest absolute Gasteiger partial charge is 0.280 e. The second-order valence-electron chi connectivity index (χ2n) is 5.08. The smallest absolute Gasteiger partial charge is 0.261 e. The van der Waals surface area contributed by atoms with Crippen LogP contribution in [0.4, 0.5) is 5.69 Å². The fourth-order valence-corrected chi connectivity index (χ4v) is 3.68. The van der Waals surface area contributed by atoms with Crippen molar-refractivity contribution in [1.29, 1.82) is 5.26 Å². The molecule has 0 radical (unpaired) electrons. The summed E-state index contributed by atoms with van der Waals surface area (Å²) in [7, 11) is -3.62. The van der Waals surface area contributed by atoms with E-state index in [1.165, 1.54) is 11.6 Å². The zero-order chi connectivity index (χ0) is 14.9. The van der Waals surface area contributed by atoms with Crippen LogP contribution in [0.15, 0.2) is 47.4 Å². The van der Waals surface area contributed by atoms with Gasteiger partial charge in [-0.2, -0.15) is 5.26 Å². The minimum atomic E-state index is -3.62. The average Bonchev–Trinajstić information content (AvgIpc) is 2.94. The van der Waals surface area contributed by atoms with Crippen LogP contribution in [0.5, 0.6) is 0 Å². The van der Waals surface area contributed by atoms with Gasteiger partial charge in [0.1, 0.15) is 0 Å². The zero-order valence-electron chi connectivity index (χ0n) is 11.3. The highest BCUT2D eigenvalue weighted by Gasteiger charge is 2.18. The summed E-state index contributed by atoms with van der Waals surface area (Å²) < 4.78 is 27.3. The van der Waals surface area contributed by atoms with Crippen molar-refractivity contribution in [1.82, 2.24) is 0 Å². The maximum Gasteiger partial charge on any atom is 0.261 e. The van der Waals surface area contributed by atoms with Crippen molar-refractivity contribution in [2.45, 2.75) is 24.2 Å². The number of anilines is 1. The maximum atomic E-state index is 12.4. The third-order valence-corrected chi connectivity index (χ3v) is 5.00. The molecule has 0 spiro atoms. The third-order valence-electron chi connectivity index (χ3n) is 3.62. The second-order valence-corrected chi connectivity index (χ2v) is 6.76. The number of fused-ring (bicyclic) bond motifs is 1. The first-order valence-electron chi connectivity index (χ1n) is 6.73. The molecule has 0 atom stereocenters. The molecule has 21 heavy (non-hydrogen) atoms. The molecule has 2 aromatic carbocycles. The molecule has 4 nitrogen and oxygen atoms in total. The number of sulfonamides is 1. The van der Waals surface area contributed by atoms with Crippen LogP contribution in [-0.2, 0) is 22.9 Å². The van der Waals surface area contributed by atoms with Gasteiger partial charge in [0.15, 0.2) is 0 Å². The Morgan fingerprint density at radius 1 is 1.05 bits per heavy atom. The molecule has 3 rings (SSSR count). The average molecular weight is 298 g/mol. The van der Waals surface area contributed by atoms with E-state index >= 15 is 0 Å². The van der Waals surface area contributed by atoms with Gasteiger partial charge in [-0.05, 0) is 60.7 Å². The number of nitrogens with zero attached hydrogens (tertiary/aromatic N) is 1. The van der Waals surface area contributed by atoms with Gasteiger partial charge in [0.25, 0.3) is 10.0 Å². The summed E-state index contributed by atoms with van der Waals surface area (Å²) in [6, 6.07) is 13.7. The predicted octanol–water partition coefficient (Wildman–Crippen LogP) is 2.85. The summed E-state index contributed by atoms with van der Waals surface area (Å²) in [4.78, 5) is 0.269. The Labute approximate surface area is 124 Å². The summed E-state index contributed by atoms with van der Waals surface area (Å²) in [6.07, 6.45) is 3.03. The molecule has 0 unspecified atom stereocenters. The molecule has 0 saturated heterocycles. The fraction of sp³-hybridized carbons (Fsp3) is 0.188. The fourth-order valence-electron chi connectivity index (χ4n) is 2.58. The summed E-state index contributed by atoms with van der Waals surface area (Å²) in [5.74, 6) is 0. The van der Waals surface area contributed by atoms with E-state index in [1.54, 1.807) is 30.3 Å². The SMILES string of the molecule is N#Cc1cccc(NS(=O)(=O)c2ccc3c(c2)CCC3)c1. The molecule has 0 fully saturated rings. The van der Waals surface area contributed by atoms with Crippen LogP contribution in [-0.4, -0.2) is 8.42 Å². The molecule has 0 heterocycles. The van der Waals surface area contributed by atoms with E-state index in [9.17, 15) is 8.42 Å². The molecule has 5 heteroatoms. The van der Waals surface area contributed by atoms with Crippen molar-refractivity contribution in [2.24, 2.45) is 0 Å². The molecular weight excluding hydrogens is 284 g/mol. The summed E-state index contributed by atoms with van der Waals surface area (Å²) in [5.41, 5.74) is 3.17. The Balaban J connectivity index is 1.92. The zero-order valence-corrected chi connectivity index (χ0v) is 12.2. The summed E-state index contributed by atoms with van der Waals surface area (Å²) >= 11 is 0. The Kier molecular flexibility index (Phi) is 3.40. The molecule has 0 saturated carbocycles. The lowest BCUT2D eigenvalue weighted by atomic mass is 10.1. The van der Waals surface area contributed by atoms with Gasteiger partial charge in [-0.1, -0.05) is 12.1 Å². The lowest BCUT2D eigenvalue weighted by molar-refractivity contribution is 0.601. The van der Waals surface area contributed by atoms with Gasteiger partial charge in [0.05, 0.1) is 22.2 Å². The first kappa shape index (κ1) is 13.7. The molecule has 106 valence electrons. The number of benzene rings is 2. The quantitative estimate of drug-likeness (QED) is 0.947. The van der Waals surface area contributed by atoms with Crippen molar-refractivity contribution in [2.75, 3.05) is 4.72 Å². The van der Waals surface area contributed by atoms with Gasteiger partial charge in [-0.15, -0.1) is 0 Å². The number of hydrogen-bond acceptors (Lipinski definition) is 3. The van der Waals surface area contributed by atoms with Gasteiger partial charge in [0.2, 0.25) is 0 Å². The Morgan fingerprint density at radius 2 is 1.86 bits per heavy atom. The molecule has 1 aliphatic carbocycles. The van der Waals surface area contributed by atoms with E-state index in [4.69, 9.17) is 5.26 Å². The second kappa shape index (κ2) is 5.23. The van der Waals surface area contributed by atoms with Crippen molar-refractivity contribution in [3.63, 3.8) is 0 Å². The number of nitriles is 1. The Morgan fingerprint density at radius 3 is 2.67 bits per heavy atom. The molecule has 1 N–H and O–H groups in total. The van der Waals surface area contributed by atoms with E-state index in [0.717, 1.165) is 24.8 Å². The van der Waals surface area contributed by atoms with Crippen molar-refractivity contribution >= 4 is 15.7 Å². The third kappa shape index (κ3) is 2.76. The number of rotatable bonds is 3. The van der Waals surface area contributed by atoms with Crippen molar-refractivity contribution in [3.05, 3.63) is 59.2 Å². The normalized spacial score (nSPS) is 13.5. The topological polar surface area (TPSA) is 70.0 Å². The van der Waals surface area contributed by atoms with Crippen molar-refractivity contribution < 1.29 is 8.42 Å². The van der Waals surface area contributed by atoms with E-state index in [1.807, 2.05) is 12.1 Å². The molecule has 0 amide bonds. The lowest BCUT2D eigenvalue weighted by Crippen LogP contribution is -2.13. The standard InChI is InChI=1S/C16H14N2O2S/c17-11-12-3-1-6-15(9-12)18-21(19,20)16-8-7-13-4-2-5-14(13)10-16/h1,3,6-10,18H,2,4-5H2.